The first-order valence-electron chi connectivity index (χ1n) is 10.8. The molecule has 0 bridgehead atoms. The summed E-state index contributed by atoms with van der Waals surface area (Å²) >= 11 is 1.68. The molecule has 5 nitrogen and oxygen atoms in total. The first kappa shape index (κ1) is 21.7. The summed E-state index contributed by atoms with van der Waals surface area (Å²) in [4.78, 5) is 18.9. The van der Waals surface area contributed by atoms with E-state index in [0.717, 1.165) is 72.4 Å². The molecule has 0 N–H and O–H groups in total. The molecular formula is C25H29N3O2S. The third-order valence-electron chi connectivity index (χ3n) is 5.80. The minimum atomic E-state index is 0.128. The Balaban J connectivity index is 1.41. The number of aryl methyl sites for hydroxylation is 2. The Hall–Kier alpha value is -2.57. The van der Waals surface area contributed by atoms with Crippen LogP contribution in [0.25, 0.3) is 0 Å². The van der Waals surface area contributed by atoms with Gasteiger partial charge in [0, 0.05) is 48.9 Å². The smallest absolute Gasteiger partial charge is 0.255 e. The Morgan fingerprint density at radius 1 is 1.00 bits per heavy atom. The van der Waals surface area contributed by atoms with Crippen molar-refractivity contribution in [2.75, 3.05) is 26.2 Å². The van der Waals surface area contributed by atoms with E-state index in [4.69, 9.17) is 4.52 Å². The van der Waals surface area contributed by atoms with Gasteiger partial charge in [0.25, 0.3) is 5.91 Å². The minimum Gasteiger partial charge on any atom is -0.361 e. The van der Waals surface area contributed by atoms with E-state index < -0.39 is 0 Å². The molecule has 0 atom stereocenters. The van der Waals surface area contributed by atoms with Gasteiger partial charge in [0.15, 0.2) is 0 Å². The van der Waals surface area contributed by atoms with Crippen molar-refractivity contribution in [2.45, 2.75) is 37.5 Å². The molecule has 31 heavy (non-hydrogen) atoms. The molecule has 1 fully saturated rings. The number of nitrogens with zero attached hydrogens (tertiary/aromatic N) is 3. The number of carbonyl (C=O) groups is 1. The highest BCUT2D eigenvalue weighted by Crippen LogP contribution is 2.29. The van der Waals surface area contributed by atoms with Crippen molar-refractivity contribution >= 4 is 17.7 Å². The normalized spacial score (nSPS) is 15.1. The van der Waals surface area contributed by atoms with Crippen LogP contribution in [0, 0.1) is 13.8 Å². The van der Waals surface area contributed by atoms with Crippen LogP contribution in [0.4, 0.5) is 0 Å². The lowest BCUT2D eigenvalue weighted by atomic mass is 10.2. The summed E-state index contributed by atoms with van der Waals surface area (Å²) < 4.78 is 5.28. The molecule has 1 saturated heterocycles. The number of carbonyl (C=O) groups excluding carboxylic acids is 1. The second-order valence-corrected chi connectivity index (χ2v) is 9.01. The zero-order valence-electron chi connectivity index (χ0n) is 18.2. The second-order valence-electron chi connectivity index (χ2n) is 8.00. The number of hydrogen-bond donors (Lipinski definition) is 0. The van der Waals surface area contributed by atoms with Gasteiger partial charge in [0.2, 0.25) is 0 Å². The predicted molar refractivity (Wildman–Crippen MR) is 124 cm³/mol. The number of benzene rings is 2. The number of rotatable bonds is 6. The number of amides is 1. The van der Waals surface area contributed by atoms with Crippen molar-refractivity contribution in [3.8, 4) is 0 Å². The third-order valence-corrected chi connectivity index (χ3v) is 6.90. The molecule has 0 radical (unpaired) electrons. The first-order valence-corrected chi connectivity index (χ1v) is 11.8. The molecule has 0 spiro atoms. The molecule has 0 aliphatic carbocycles. The molecule has 3 aromatic rings. The maximum Gasteiger partial charge on any atom is 0.255 e. The van der Waals surface area contributed by atoms with Crippen LogP contribution in [0.1, 0.15) is 39.4 Å². The Bertz CT molecular complexity index is 999. The molecule has 1 aliphatic heterocycles. The first-order chi connectivity index (χ1) is 15.1. The van der Waals surface area contributed by atoms with Crippen molar-refractivity contribution in [3.63, 3.8) is 0 Å². The van der Waals surface area contributed by atoms with E-state index in [9.17, 15) is 4.79 Å². The summed E-state index contributed by atoms with van der Waals surface area (Å²) in [6.07, 6.45) is 0.993. The summed E-state index contributed by atoms with van der Waals surface area (Å²) in [5.74, 6) is 1.72. The molecule has 4 rings (SSSR count). The van der Waals surface area contributed by atoms with Gasteiger partial charge in [-0.3, -0.25) is 9.69 Å². The molecule has 0 unspecified atom stereocenters. The summed E-state index contributed by atoms with van der Waals surface area (Å²) in [6.45, 7) is 8.30. The second kappa shape index (κ2) is 10.2. The van der Waals surface area contributed by atoms with E-state index in [-0.39, 0.29) is 5.91 Å². The van der Waals surface area contributed by atoms with Crippen LogP contribution in [-0.4, -0.2) is 47.0 Å². The van der Waals surface area contributed by atoms with Crippen molar-refractivity contribution in [1.82, 2.24) is 15.0 Å². The average molecular weight is 436 g/mol. The van der Waals surface area contributed by atoms with E-state index in [1.165, 1.54) is 5.56 Å². The zero-order valence-corrected chi connectivity index (χ0v) is 19.0. The van der Waals surface area contributed by atoms with Gasteiger partial charge in [-0.15, -0.1) is 11.8 Å². The van der Waals surface area contributed by atoms with Crippen LogP contribution < -0.4 is 0 Å². The highest BCUT2D eigenvalue weighted by atomic mass is 32.2. The molecule has 2 heterocycles. The van der Waals surface area contributed by atoms with Gasteiger partial charge in [0.1, 0.15) is 5.76 Å². The lowest BCUT2D eigenvalue weighted by Crippen LogP contribution is -2.35. The summed E-state index contributed by atoms with van der Waals surface area (Å²) in [5, 5.41) is 4.04. The molecule has 162 valence electrons. The quantitative estimate of drug-likeness (QED) is 0.514. The fourth-order valence-corrected chi connectivity index (χ4v) is 5.17. The molecule has 0 saturated carbocycles. The lowest BCUT2D eigenvalue weighted by Gasteiger charge is -2.23. The topological polar surface area (TPSA) is 49.6 Å². The Morgan fingerprint density at radius 3 is 2.55 bits per heavy atom. The van der Waals surface area contributed by atoms with Gasteiger partial charge >= 0.3 is 0 Å². The average Bonchev–Trinajstić information content (AvgIpc) is 2.97. The van der Waals surface area contributed by atoms with Gasteiger partial charge < -0.3 is 9.42 Å². The van der Waals surface area contributed by atoms with Crippen molar-refractivity contribution < 1.29 is 9.32 Å². The van der Waals surface area contributed by atoms with Gasteiger partial charge in [-0.2, -0.15) is 0 Å². The number of hydrogen-bond acceptors (Lipinski definition) is 5. The maximum atomic E-state index is 13.4. The molecule has 1 aromatic heterocycles. The summed E-state index contributed by atoms with van der Waals surface area (Å²) in [7, 11) is 0. The fourth-order valence-electron chi connectivity index (χ4n) is 3.97. The van der Waals surface area contributed by atoms with Crippen molar-refractivity contribution in [3.05, 3.63) is 82.7 Å². The zero-order chi connectivity index (χ0) is 21.6. The van der Waals surface area contributed by atoms with Gasteiger partial charge in [-0.05, 0) is 38.0 Å². The van der Waals surface area contributed by atoms with Crippen LogP contribution in [-0.2, 0) is 12.3 Å². The van der Waals surface area contributed by atoms with Crippen molar-refractivity contribution in [1.29, 1.82) is 0 Å². The van der Waals surface area contributed by atoms with Crippen LogP contribution in [0.15, 0.2) is 64.0 Å². The summed E-state index contributed by atoms with van der Waals surface area (Å²) in [5.41, 5.74) is 4.14. The fraction of sp³-hybridized carbons (Fsp3) is 0.360. The Kier molecular flexibility index (Phi) is 7.10. The van der Waals surface area contributed by atoms with Crippen LogP contribution in [0.2, 0.25) is 0 Å². The van der Waals surface area contributed by atoms with Gasteiger partial charge in [-0.25, -0.2) is 0 Å². The monoisotopic (exact) mass is 435 g/mol. The van der Waals surface area contributed by atoms with E-state index in [2.05, 4.69) is 34.3 Å². The molecule has 6 heteroatoms. The number of thioether (sulfide) groups is 1. The highest BCUT2D eigenvalue weighted by Gasteiger charge is 2.22. The Labute approximate surface area is 188 Å². The van der Waals surface area contributed by atoms with Crippen LogP contribution >= 0.6 is 11.8 Å². The van der Waals surface area contributed by atoms with Crippen LogP contribution in [0.5, 0.6) is 0 Å². The standard InChI is InChI=1S/C25H29N3O2S/c1-19-23(20(2)30-26-19)18-31-24-12-7-6-11-22(24)25(29)28-14-8-13-27(15-16-28)17-21-9-4-3-5-10-21/h3-7,9-12H,8,13-18H2,1-2H3. The van der Waals surface area contributed by atoms with E-state index in [1.54, 1.807) is 11.8 Å². The largest absolute Gasteiger partial charge is 0.361 e. The van der Waals surface area contributed by atoms with E-state index >= 15 is 0 Å². The lowest BCUT2D eigenvalue weighted by molar-refractivity contribution is 0.0757. The SMILES string of the molecule is Cc1noc(C)c1CSc1ccccc1C(=O)N1CCCN(Cc2ccccc2)CC1. The third kappa shape index (κ3) is 5.38. The van der Waals surface area contributed by atoms with E-state index in [1.807, 2.05) is 49.1 Å². The predicted octanol–water partition coefficient (Wildman–Crippen LogP) is 4.93. The molecule has 1 aliphatic rings. The highest BCUT2D eigenvalue weighted by molar-refractivity contribution is 7.98. The van der Waals surface area contributed by atoms with E-state index in [0.29, 0.717) is 0 Å². The minimum absolute atomic E-state index is 0.128. The van der Waals surface area contributed by atoms with Crippen molar-refractivity contribution in [2.24, 2.45) is 0 Å². The van der Waals surface area contributed by atoms with Gasteiger partial charge in [-0.1, -0.05) is 47.6 Å². The molecule has 2 aromatic carbocycles. The maximum absolute atomic E-state index is 13.4. The molecule has 1 amide bonds. The number of aromatic nitrogens is 1. The van der Waals surface area contributed by atoms with Gasteiger partial charge in [0.05, 0.1) is 11.3 Å². The van der Waals surface area contributed by atoms with Crippen LogP contribution in [0.3, 0.4) is 0 Å². The summed E-state index contributed by atoms with van der Waals surface area (Å²) in [6, 6.07) is 18.5. The Morgan fingerprint density at radius 2 is 1.77 bits per heavy atom. The molecular weight excluding hydrogens is 406 g/mol.